The molecule has 0 rings (SSSR count). The molecule has 2 nitrogen and oxygen atoms in total. The monoisotopic (exact) mass is 197 g/mol. The maximum atomic E-state index is 8.97. The van der Waals surface area contributed by atoms with E-state index in [1.54, 1.807) is 0 Å². The van der Waals surface area contributed by atoms with Crippen LogP contribution < -0.4 is 0 Å². The summed E-state index contributed by atoms with van der Waals surface area (Å²) >= 11 is 0. The Kier molecular flexibility index (Phi) is 6.57. The smallest absolute Gasteiger partial charge is 0.0720 e. The van der Waals surface area contributed by atoms with E-state index in [0.29, 0.717) is 17.8 Å². The second kappa shape index (κ2) is 6.84. The number of aliphatic hydroxyl groups is 1. The van der Waals surface area contributed by atoms with Crippen LogP contribution in [0.5, 0.6) is 0 Å². The lowest BCUT2D eigenvalue weighted by Gasteiger charge is -2.21. The minimum Gasteiger partial charge on any atom is -0.395 e. The van der Waals surface area contributed by atoms with Gasteiger partial charge >= 0.3 is 0 Å². The number of hydrogen-bond acceptors (Lipinski definition) is 2. The van der Waals surface area contributed by atoms with Crippen molar-refractivity contribution in [2.75, 3.05) is 6.61 Å². The van der Waals surface area contributed by atoms with E-state index in [1.165, 1.54) is 6.42 Å². The summed E-state index contributed by atoms with van der Waals surface area (Å²) in [4.78, 5) is 0. The maximum Gasteiger partial charge on any atom is 0.0720 e. The van der Waals surface area contributed by atoms with Gasteiger partial charge in [-0.1, -0.05) is 27.7 Å². The van der Waals surface area contributed by atoms with Crippen LogP contribution in [0.1, 0.15) is 40.5 Å². The topological polar surface area (TPSA) is 44.0 Å². The Morgan fingerprint density at radius 3 is 2.07 bits per heavy atom. The van der Waals surface area contributed by atoms with Crippen LogP contribution in [0.4, 0.5) is 0 Å². The van der Waals surface area contributed by atoms with Gasteiger partial charge < -0.3 is 5.11 Å². The van der Waals surface area contributed by atoms with Gasteiger partial charge in [-0.3, -0.25) is 0 Å². The van der Waals surface area contributed by atoms with E-state index < -0.39 is 0 Å². The second-order valence-corrected chi connectivity index (χ2v) is 4.87. The molecular formula is C12H23NO. The van der Waals surface area contributed by atoms with E-state index >= 15 is 0 Å². The van der Waals surface area contributed by atoms with Crippen molar-refractivity contribution in [2.24, 2.45) is 23.7 Å². The summed E-state index contributed by atoms with van der Waals surface area (Å²) in [6.45, 7) is 8.71. The Labute approximate surface area is 87.9 Å². The highest BCUT2D eigenvalue weighted by Gasteiger charge is 2.18. The standard InChI is InChI=1S/C12H23NO/c1-9(2)5-10(3)6-11(4)12(7-13)8-14/h9-12,14H,5-6,8H2,1-4H3. The van der Waals surface area contributed by atoms with Gasteiger partial charge in [0.2, 0.25) is 0 Å². The molecule has 0 fully saturated rings. The third-order valence-corrected chi connectivity index (χ3v) is 2.70. The summed E-state index contributed by atoms with van der Waals surface area (Å²) in [6.07, 6.45) is 2.24. The number of hydrogen-bond donors (Lipinski definition) is 1. The molecule has 0 aliphatic rings. The quantitative estimate of drug-likeness (QED) is 0.711. The molecule has 0 spiro atoms. The fourth-order valence-corrected chi connectivity index (χ4v) is 2.05. The van der Waals surface area contributed by atoms with E-state index in [0.717, 1.165) is 6.42 Å². The molecule has 1 N–H and O–H groups in total. The molecule has 2 heteroatoms. The van der Waals surface area contributed by atoms with Crippen LogP contribution in [0.25, 0.3) is 0 Å². The lowest BCUT2D eigenvalue weighted by atomic mass is 9.84. The van der Waals surface area contributed by atoms with Gasteiger partial charge in [0.05, 0.1) is 18.6 Å². The van der Waals surface area contributed by atoms with Crippen molar-refractivity contribution in [3.05, 3.63) is 0 Å². The van der Waals surface area contributed by atoms with E-state index in [-0.39, 0.29) is 12.5 Å². The first-order valence-corrected chi connectivity index (χ1v) is 5.51. The summed E-state index contributed by atoms with van der Waals surface area (Å²) in [5, 5.41) is 17.7. The normalized spacial score (nSPS) is 17.5. The molecular weight excluding hydrogens is 174 g/mol. The van der Waals surface area contributed by atoms with Crippen molar-refractivity contribution in [2.45, 2.75) is 40.5 Å². The Bertz CT molecular complexity index is 183. The maximum absolute atomic E-state index is 8.97. The van der Waals surface area contributed by atoms with Crippen LogP contribution in [0.15, 0.2) is 0 Å². The fraction of sp³-hybridized carbons (Fsp3) is 0.917. The van der Waals surface area contributed by atoms with E-state index in [2.05, 4.69) is 33.8 Å². The van der Waals surface area contributed by atoms with Crippen molar-refractivity contribution < 1.29 is 5.11 Å². The molecule has 3 unspecified atom stereocenters. The minimum absolute atomic E-state index is 0.00787. The van der Waals surface area contributed by atoms with Gasteiger partial charge in [-0.05, 0) is 30.6 Å². The van der Waals surface area contributed by atoms with Gasteiger partial charge in [0, 0.05) is 0 Å². The van der Waals surface area contributed by atoms with Gasteiger partial charge in [0.15, 0.2) is 0 Å². The van der Waals surface area contributed by atoms with Crippen LogP contribution in [-0.2, 0) is 0 Å². The van der Waals surface area contributed by atoms with Crippen molar-refractivity contribution in [1.82, 2.24) is 0 Å². The average Bonchev–Trinajstić information content (AvgIpc) is 2.04. The molecule has 0 aliphatic heterocycles. The highest BCUT2D eigenvalue weighted by Crippen LogP contribution is 2.23. The minimum atomic E-state index is -0.190. The number of aliphatic hydroxyl groups excluding tert-OH is 1. The number of rotatable bonds is 6. The molecule has 0 radical (unpaired) electrons. The first kappa shape index (κ1) is 13.4. The molecule has 0 aromatic carbocycles. The molecule has 14 heavy (non-hydrogen) atoms. The SMILES string of the molecule is CC(C)CC(C)CC(C)C(C#N)CO. The lowest BCUT2D eigenvalue weighted by Crippen LogP contribution is -2.17. The third kappa shape index (κ3) is 5.24. The van der Waals surface area contributed by atoms with Crippen molar-refractivity contribution >= 4 is 0 Å². The van der Waals surface area contributed by atoms with Crippen LogP contribution in [0.3, 0.4) is 0 Å². The van der Waals surface area contributed by atoms with E-state index in [1.807, 2.05) is 0 Å². The van der Waals surface area contributed by atoms with Gasteiger partial charge in [0.1, 0.15) is 0 Å². The number of nitriles is 1. The third-order valence-electron chi connectivity index (χ3n) is 2.70. The van der Waals surface area contributed by atoms with Crippen LogP contribution in [0.2, 0.25) is 0 Å². The molecule has 3 atom stereocenters. The van der Waals surface area contributed by atoms with Crippen molar-refractivity contribution in [1.29, 1.82) is 5.26 Å². The Morgan fingerprint density at radius 2 is 1.71 bits per heavy atom. The molecule has 82 valence electrons. The van der Waals surface area contributed by atoms with Crippen molar-refractivity contribution in [3.63, 3.8) is 0 Å². The first-order chi connectivity index (χ1) is 6.51. The molecule has 0 aliphatic carbocycles. The summed E-state index contributed by atoms with van der Waals surface area (Å²) in [5.74, 6) is 1.47. The number of nitrogens with zero attached hydrogens (tertiary/aromatic N) is 1. The highest BCUT2D eigenvalue weighted by atomic mass is 16.3. The summed E-state index contributed by atoms with van der Waals surface area (Å²) in [7, 11) is 0. The van der Waals surface area contributed by atoms with Gasteiger partial charge in [-0.25, -0.2) is 0 Å². The van der Waals surface area contributed by atoms with Gasteiger partial charge in [0.25, 0.3) is 0 Å². The van der Waals surface area contributed by atoms with E-state index in [9.17, 15) is 0 Å². The predicted molar refractivity (Wildman–Crippen MR) is 58.6 cm³/mol. The highest BCUT2D eigenvalue weighted by molar-refractivity contribution is 4.86. The zero-order valence-corrected chi connectivity index (χ0v) is 9.83. The van der Waals surface area contributed by atoms with Crippen LogP contribution in [0, 0.1) is 35.0 Å². The summed E-state index contributed by atoms with van der Waals surface area (Å²) in [6, 6.07) is 2.16. The zero-order valence-electron chi connectivity index (χ0n) is 9.83. The summed E-state index contributed by atoms with van der Waals surface area (Å²) < 4.78 is 0. The average molecular weight is 197 g/mol. The molecule has 0 saturated heterocycles. The summed E-state index contributed by atoms with van der Waals surface area (Å²) in [5.41, 5.74) is 0. The van der Waals surface area contributed by atoms with Crippen molar-refractivity contribution in [3.8, 4) is 6.07 Å². The molecule has 0 aromatic heterocycles. The van der Waals surface area contributed by atoms with Crippen LogP contribution in [-0.4, -0.2) is 11.7 Å². The molecule has 0 aromatic rings. The van der Waals surface area contributed by atoms with Gasteiger partial charge in [-0.2, -0.15) is 5.26 Å². The Balaban J connectivity index is 3.92. The van der Waals surface area contributed by atoms with E-state index in [4.69, 9.17) is 10.4 Å². The first-order valence-electron chi connectivity index (χ1n) is 5.51. The Morgan fingerprint density at radius 1 is 1.14 bits per heavy atom. The second-order valence-electron chi connectivity index (χ2n) is 4.87. The van der Waals surface area contributed by atoms with Crippen LogP contribution >= 0.6 is 0 Å². The largest absolute Gasteiger partial charge is 0.395 e. The molecule has 0 saturated carbocycles. The predicted octanol–water partition coefficient (Wildman–Crippen LogP) is 2.83. The lowest BCUT2D eigenvalue weighted by molar-refractivity contribution is 0.199. The molecule has 0 heterocycles. The molecule has 0 amide bonds. The molecule has 0 bridgehead atoms. The zero-order chi connectivity index (χ0) is 11.1. The fourth-order valence-electron chi connectivity index (χ4n) is 2.05. The Hall–Kier alpha value is -0.550. The van der Waals surface area contributed by atoms with Gasteiger partial charge in [-0.15, -0.1) is 0 Å².